The van der Waals surface area contributed by atoms with Crippen LogP contribution in [-0.2, 0) is 28.7 Å². The first-order chi connectivity index (χ1) is 9.99. The molecule has 8 nitrogen and oxygen atoms in total. The van der Waals surface area contributed by atoms with E-state index in [0.29, 0.717) is 12.8 Å². The normalized spacial score (nSPS) is 9.55. The minimum atomic E-state index is -0.731. The van der Waals surface area contributed by atoms with Crippen LogP contribution < -0.4 is 11.5 Å². The molecule has 0 aliphatic carbocycles. The Morgan fingerprint density at radius 1 is 0.591 bits per heavy atom. The van der Waals surface area contributed by atoms with E-state index < -0.39 is 23.9 Å². The standard InChI is InChI=1S/C13H22N2O6.K/c14-8-12(18)20-10(16)6-4-2-1-3-5-7-11(17)21-13(19)9-15;/h1-9,14-15H2;. The molecule has 0 aliphatic rings. The van der Waals surface area contributed by atoms with E-state index in [1.54, 1.807) is 0 Å². The molecule has 0 rings (SSSR count). The van der Waals surface area contributed by atoms with Crippen molar-refractivity contribution in [3.63, 3.8) is 0 Å². The maximum Gasteiger partial charge on any atom is 0.327 e. The van der Waals surface area contributed by atoms with Gasteiger partial charge in [0.05, 0.1) is 13.1 Å². The molecule has 0 amide bonds. The third-order valence-corrected chi connectivity index (χ3v) is 2.55. The second kappa shape index (κ2) is 15.7. The fourth-order valence-electron chi connectivity index (χ4n) is 1.51. The molecule has 1 radical (unpaired) electrons. The second-order valence-corrected chi connectivity index (χ2v) is 4.37. The van der Waals surface area contributed by atoms with E-state index >= 15 is 0 Å². The molecule has 0 aliphatic heterocycles. The van der Waals surface area contributed by atoms with Crippen molar-refractivity contribution in [3.8, 4) is 0 Å². The van der Waals surface area contributed by atoms with Gasteiger partial charge in [-0.1, -0.05) is 19.3 Å². The van der Waals surface area contributed by atoms with E-state index in [2.05, 4.69) is 9.47 Å². The number of carbonyl (C=O) groups excluding carboxylic acids is 4. The maximum absolute atomic E-state index is 11.1. The number of hydrogen-bond donors (Lipinski definition) is 2. The predicted octanol–water partition coefficient (Wildman–Crippen LogP) is -0.607. The summed E-state index contributed by atoms with van der Waals surface area (Å²) < 4.78 is 8.80. The van der Waals surface area contributed by atoms with Gasteiger partial charge in [-0.3, -0.25) is 19.2 Å². The minimum Gasteiger partial charge on any atom is -0.392 e. The van der Waals surface area contributed by atoms with Crippen molar-refractivity contribution in [2.24, 2.45) is 11.5 Å². The third-order valence-electron chi connectivity index (χ3n) is 2.55. The van der Waals surface area contributed by atoms with Crippen molar-refractivity contribution in [2.75, 3.05) is 13.1 Å². The summed E-state index contributed by atoms with van der Waals surface area (Å²) in [6.45, 7) is -0.622. The Labute approximate surface area is 172 Å². The van der Waals surface area contributed by atoms with Crippen LogP contribution in [0.4, 0.5) is 0 Å². The number of rotatable bonds is 10. The van der Waals surface area contributed by atoms with Gasteiger partial charge in [0.25, 0.3) is 0 Å². The summed E-state index contributed by atoms with van der Waals surface area (Å²) in [6, 6.07) is 0. The van der Waals surface area contributed by atoms with Gasteiger partial charge in [-0.25, -0.2) is 0 Å². The summed E-state index contributed by atoms with van der Waals surface area (Å²) in [5.74, 6) is -2.61. The maximum atomic E-state index is 11.1. The van der Waals surface area contributed by atoms with E-state index in [1.807, 2.05) is 0 Å². The summed E-state index contributed by atoms with van der Waals surface area (Å²) in [5.41, 5.74) is 10.0. The van der Waals surface area contributed by atoms with Crippen LogP contribution in [0.25, 0.3) is 0 Å². The molecule has 121 valence electrons. The summed E-state index contributed by atoms with van der Waals surface area (Å²) in [6.07, 6.45) is 3.93. The minimum absolute atomic E-state index is 0. The zero-order chi connectivity index (χ0) is 16.1. The van der Waals surface area contributed by atoms with Crippen molar-refractivity contribution in [2.45, 2.75) is 44.9 Å². The SMILES string of the molecule is NCC(=O)OC(=O)CCCCCCCC(=O)OC(=O)CN.[K]. The van der Waals surface area contributed by atoms with Gasteiger partial charge in [0.15, 0.2) is 0 Å². The van der Waals surface area contributed by atoms with Gasteiger partial charge in [0.1, 0.15) is 0 Å². The van der Waals surface area contributed by atoms with Crippen LogP contribution in [0.2, 0.25) is 0 Å². The Kier molecular flexibility index (Phi) is 17.2. The molecule has 4 N–H and O–H groups in total. The molecule has 0 aromatic rings. The Morgan fingerprint density at radius 3 is 1.23 bits per heavy atom. The first-order valence-electron chi connectivity index (χ1n) is 6.86. The molecule has 0 saturated heterocycles. The fourth-order valence-corrected chi connectivity index (χ4v) is 1.51. The van der Waals surface area contributed by atoms with Crippen LogP contribution in [0.5, 0.6) is 0 Å². The number of carbonyl (C=O) groups is 4. The molecule has 0 fully saturated rings. The van der Waals surface area contributed by atoms with E-state index in [1.165, 1.54) is 0 Å². The molecular formula is C13H22KN2O6. The number of nitrogens with two attached hydrogens (primary N) is 2. The van der Waals surface area contributed by atoms with Crippen LogP contribution in [0.15, 0.2) is 0 Å². The summed E-state index contributed by atoms with van der Waals surface area (Å²) >= 11 is 0. The van der Waals surface area contributed by atoms with Crippen molar-refractivity contribution in [1.29, 1.82) is 0 Å². The Morgan fingerprint density at radius 2 is 0.909 bits per heavy atom. The smallest absolute Gasteiger partial charge is 0.327 e. The molecule has 0 atom stereocenters. The molecule has 9 heteroatoms. The average Bonchev–Trinajstić information content (AvgIpc) is 2.45. The summed E-state index contributed by atoms with van der Waals surface area (Å²) in [4.78, 5) is 43.7. The van der Waals surface area contributed by atoms with Crippen LogP contribution in [0.3, 0.4) is 0 Å². The number of unbranched alkanes of at least 4 members (excludes halogenated alkanes) is 4. The van der Waals surface area contributed by atoms with E-state index in [9.17, 15) is 19.2 Å². The quantitative estimate of drug-likeness (QED) is 0.232. The Bertz CT molecular complexity index is 342. The van der Waals surface area contributed by atoms with E-state index in [0.717, 1.165) is 19.3 Å². The van der Waals surface area contributed by atoms with E-state index in [4.69, 9.17) is 11.5 Å². The molecule has 0 bridgehead atoms. The van der Waals surface area contributed by atoms with Gasteiger partial charge in [-0.05, 0) is 12.8 Å². The molecule has 0 aromatic carbocycles. The molecule has 0 saturated carbocycles. The monoisotopic (exact) mass is 341 g/mol. The summed E-state index contributed by atoms with van der Waals surface area (Å²) in [7, 11) is 0. The van der Waals surface area contributed by atoms with Crippen LogP contribution in [0, 0.1) is 0 Å². The molecular weight excluding hydrogens is 319 g/mol. The van der Waals surface area contributed by atoms with Crippen LogP contribution in [0.1, 0.15) is 44.9 Å². The molecule has 0 unspecified atom stereocenters. The second-order valence-electron chi connectivity index (χ2n) is 4.37. The van der Waals surface area contributed by atoms with Gasteiger partial charge in [0.2, 0.25) is 0 Å². The Balaban J connectivity index is 0. The summed E-state index contributed by atoms with van der Waals surface area (Å²) in [5, 5.41) is 0. The van der Waals surface area contributed by atoms with Crippen molar-refractivity contribution >= 4 is 75.3 Å². The fraction of sp³-hybridized carbons (Fsp3) is 0.692. The third kappa shape index (κ3) is 14.8. The van der Waals surface area contributed by atoms with Gasteiger partial charge in [0, 0.05) is 64.2 Å². The Hall–Kier alpha value is -0.164. The number of hydrogen-bond acceptors (Lipinski definition) is 8. The molecule has 0 heterocycles. The zero-order valence-corrected chi connectivity index (χ0v) is 16.1. The van der Waals surface area contributed by atoms with Gasteiger partial charge in [-0.2, -0.15) is 0 Å². The number of esters is 4. The number of ether oxygens (including phenoxy) is 2. The van der Waals surface area contributed by atoms with E-state index in [-0.39, 0.29) is 77.3 Å². The van der Waals surface area contributed by atoms with Crippen LogP contribution >= 0.6 is 0 Å². The zero-order valence-electron chi connectivity index (χ0n) is 13.0. The van der Waals surface area contributed by atoms with Gasteiger partial charge >= 0.3 is 23.9 Å². The van der Waals surface area contributed by atoms with Gasteiger partial charge < -0.3 is 20.9 Å². The van der Waals surface area contributed by atoms with Gasteiger partial charge in [-0.15, -0.1) is 0 Å². The van der Waals surface area contributed by atoms with Crippen molar-refractivity contribution in [1.82, 2.24) is 0 Å². The first kappa shape index (κ1) is 24.1. The largest absolute Gasteiger partial charge is 0.392 e. The van der Waals surface area contributed by atoms with Crippen molar-refractivity contribution < 1.29 is 28.7 Å². The average molecular weight is 341 g/mol. The molecule has 0 spiro atoms. The first-order valence-corrected chi connectivity index (χ1v) is 6.86. The predicted molar refractivity (Wildman–Crippen MR) is 78.4 cm³/mol. The van der Waals surface area contributed by atoms with Crippen molar-refractivity contribution in [3.05, 3.63) is 0 Å². The topological polar surface area (TPSA) is 139 Å². The molecule has 0 aromatic heterocycles. The van der Waals surface area contributed by atoms with Crippen LogP contribution in [-0.4, -0.2) is 88.4 Å². The molecule has 22 heavy (non-hydrogen) atoms.